The van der Waals surface area contributed by atoms with Crippen molar-refractivity contribution in [3.05, 3.63) is 24.3 Å². The van der Waals surface area contributed by atoms with E-state index in [9.17, 15) is 13.2 Å². The third-order valence-electron chi connectivity index (χ3n) is 3.89. The van der Waals surface area contributed by atoms with Crippen LogP contribution in [0.2, 0.25) is 0 Å². The lowest BCUT2D eigenvalue weighted by molar-refractivity contribution is 0.197. The van der Waals surface area contributed by atoms with E-state index in [2.05, 4.69) is 5.32 Å². The third kappa shape index (κ3) is 3.91. The molecule has 0 bridgehead atoms. The molecule has 2 rings (SSSR count). The minimum absolute atomic E-state index is 0.0633. The van der Waals surface area contributed by atoms with Crippen LogP contribution in [0.15, 0.2) is 24.3 Å². The van der Waals surface area contributed by atoms with E-state index in [1.807, 2.05) is 50.2 Å². The quantitative estimate of drug-likeness (QED) is 0.916. The fraction of sp³-hybridized carbons (Fsp3) is 0.533. The first-order valence-electron chi connectivity index (χ1n) is 7.38. The Hall–Kier alpha value is -1.76. The van der Waals surface area contributed by atoms with E-state index in [0.29, 0.717) is 18.7 Å². The summed E-state index contributed by atoms with van der Waals surface area (Å²) >= 11 is 0. The van der Waals surface area contributed by atoms with Crippen LogP contribution in [0.3, 0.4) is 0 Å². The molecule has 6 nitrogen and oxygen atoms in total. The molecule has 1 atom stereocenters. The van der Waals surface area contributed by atoms with Crippen molar-refractivity contribution in [2.75, 3.05) is 42.4 Å². The zero-order valence-electron chi connectivity index (χ0n) is 13.2. The summed E-state index contributed by atoms with van der Waals surface area (Å²) in [6, 6.07) is 7.05. The van der Waals surface area contributed by atoms with Gasteiger partial charge in [-0.25, -0.2) is 13.2 Å². The fourth-order valence-electron chi connectivity index (χ4n) is 2.63. The molecule has 122 valence electrons. The van der Waals surface area contributed by atoms with Gasteiger partial charge in [0.15, 0.2) is 9.84 Å². The first-order chi connectivity index (χ1) is 10.3. The van der Waals surface area contributed by atoms with Crippen molar-refractivity contribution in [3.63, 3.8) is 0 Å². The van der Waals surface area contributed by atoms with Gasteiger partial charge >= 0.3 is 6.03 Å². The Bertz CT molecular complexity index is 626. The highest BCUT2D eigenvalue weighted by Crippen LogP contribution is 2.20. The molecule has 22 heavy (non-hydrogen) atoms. The molecular weight excluding hydrogens is 302 g/mol. The molecule has 1 unspecified atom stereocenters. The molecule has 1 aliphatic rings. The first-order valence-corrected chi connectivity index (χ1v) is 9.20. The van der Waals surface area contributed by atoms with Crippen LogP contribution >= 0.6 is 0 Å². The predicted molar refractivity (Wildman–Crippen MR) is 89.2 cm³/mol. The molecule has 1 fully saturated rings. The highest BCUT2D eigenvalue weighted by Gasteiger charge is 2.33. The lowest BCUT2D eigenvalue weighted by Gasteiger charge is -2.27. The average Bonchev–Trinajstić information content (AvgIpc) is 2.80. The number of hydrogen-bond donors (Lipinski definition) is 1. The monoisotopic (exact) mass is 325 g/mol. The molecular formula is C15H23N3O3S. The predicted octanol–water partition coefficient (Wildman–Crippen LogP) is 1.79. The van der Waals surface area contributed by atoms with E-state index >= 15 is 0 Å². The zero-order valence-corrected chi connectivity index (χ0v) is 14.1. The average molecular weight is 325 g/mol. The summed E-state index contributed by atoms with van der Waals surface area (Å²) in [5, 5.41) is 2.84. The minimum Gasteiger partial charge on any atom is -0.378 e. The maximum absolute atomic E-state index is 12.4. The largest absolute Gasteiger partial charge is 0.378 e. The van der Waals surface area contributed by atoms with Crippen LogP contribution in [0.5, 0.6) is 0 Å². The molecule has 0 saturated carbocycles. The first kappa shape index (κ1) is 16.6. The summed E-state index contributed by atoms with van der Waals surface area (Å²) in [6.45, 7) is 2.35. The fourth-order valence-corrected chi connectivity index (χ4v) is 4.36. The normalized spacial score (nSPS) is 19.7. The van der Waals surface area contributed by atoms with Crippen molar-refractivity contribution < 1.29 is 13.2 Å². The second-order valence-electron chi connectivity index (χ2n) is 5.71. The number of rotatable bonds is 4. The second-order valence-corrected chi connectivity index (χ2v) is 7.94. The van der Waals surface area contributed by atoms with Crippen LogP contribution in [0.1, 0.15) is 13.3 Å². The molecule has 1 heterocycles. The van der Waals surface area contributed by atoms with Gasteiger partial charge in [0.2, 0.25) is 0 Å². The summed E-state index contributed by atoms with van der Waals surface area (Å²) in [5.74, 6) is 0.229. The summed E-state index contributed by atoms with van der Waals surface area (Å²) in [7, 11) is 0.903. The Morgan fingerprint density at radius 2 is 1.91 bits per heavy atom. The highest BCUT2D eigenvalue weighted by atomic mass is 32.2. The molecule has 0 radical (unpaired) electrons. The van der Waals surface area contributed by atoms with E-state index in [-0.39, 0.29) is 23.6 Å². The van der Waals surface area contributed by atoms with Gasteiger partial charge in [-0.2, -0.15) is 0 Å². The Morgan fingerprint density at radius 3 is 2.36 bits per heavy atom. The van der Waals surface area contributed by atoms with Crippen LogP contribution < -0.4 is 10.2 Å². The van der Waals surface area contributed by atoms with Gasteiger partial charge in [0.25, 0.3) is 0 Å². The van der Waals surface area contributed by atoms with Gasteiger partial charge in [-0.1, -0.05) is 0 Å². The van der Waals surface area contributed by atoms with Gasteiger partial charge in [0.1, 0.15) is 0 Å². The minimum atomic E-state index is -3.00. The number of sulfone groups is 1. The maximum atomic E-state index is 12.4. The SMILES string of the molecule is CCN(C(=O)Nc1ccc(N(C)C)cc1)C1CCS(=O)(=O)C1. The molecule has 7 heteroatoms. The molecule has 0 aliphatic carbocycles. The van der Waals surface area contributed by atoms with Crippen molar-refractivity contribution >= 4 is 27.2 Å². The smallest absolute Gasteiger partial charge is 0.322 e. The summed E-state index contributed by atoms with van der Waals surface area (Å²) in [5.41, 5.74) is 1.75. The van der Waals surface area contributed by atoms with E-state index in [1.54, 1.807) is 4.90 Å². The van der Waals surface area contributed by atoms with Crippen molar-refractivity contribution in [2.45, 2.75) is 19.4 Å². The Kier molecular flexibility index (Phi) is 4.95. The van der Waals surface area contributed by atoms with E-state index in [4.69, 9.17) is 0 Å². The maximum Gasteiger partial charge on any atom is 0.322 e. The van der Waals surface area contributed by atoms with Gasteiger partial charge in [0, 0.05) is 38.1 Å². The Balaban J connectivity index is 2.03. The van der Waals surface area contributed by atoms with Crippen LogP contribution in [0.25, 0.3) is 0 Å². The summed E-state index contributed by atoms with van der Waals surface area (Å²) in [4.78, 5) is 16.0. The number of carbonyl (C=O) groups excluding carboxylic acids is 1. The number of carbonyl (C=O) groups is 1. The van der Waals surface area contributed by atoms with E-state index < -0.39 is 9.84 Å². The third-order valence-corrected chi connectivity index (χ3v) is 5.64. The van der Waals surface area contributed by atoms with Gasteiger partial charge in [0.05, 0.1) is 11.5 Å². The second kappa shape index (κ2) is 6.56. The molecule has 0 spiro atoms. The lowest BCUT2D eigenvalue weighted by atomic mass is 10.2. The summed E-state index contributed by atoms with van der Waals surface area (Å²) in [6.07, 6.45) is 0.517. The van der Waals surface area contributed by atoms with E-state index in [1.165, 1.54) is 0 Å². The van der Waals surface area contributed by atoms with Crippen LogP contribution in [0.4, 0.5) is 16.2 Å². The van der Waals surface area contributed by atoms with Crippen molar-refractivity contribution in [2.24, 2.45) is 0 Å². The van der Waals surface area contributed by atoms with Crippen LogP contribution in [-0.4, -0.2) is 57.5 Å². The number of nitrogens with zero attached hydrogens (tertiary/aromatic N) is 2. The van der Waals surface area contributed by atoms with Gasteiger partial charge in [-0.05, 0) is 37.6 Å². The molecule has 1 aromatic carbocycles. The van der Waals surface area contributed by atoms with Gasteiger partial charge in [-0.15, -0.1) is 0 Å². The standard InChI is InChI=1S/C15H23N3O3S/c1-4-18(14-9-10-22(20,21)11-14)15(19)16-12-5-7-13(8-6-12)17(2)3/h5-8,14H,4,9-11H2,1-3H3,(H,16,19). The van der Waals surface area contributed by atoms with Crippen LogP contribution in [0, 0.1) is 0 Å². The Morgan fingerprint density at radius 1 is 1.27 bits per heavy atom. The molecule has 1 aliphatic heterocycles. The topological polar surface area (TPSA) is 69.7 Å². The molecule has 0 aromatic heterocycles. The number of amides is 2. The summed E-state index contributed by atoms with van der Waals surface area (Å²) < 4.78 is 23.2. The molecule has 1 aromatic rings. The molecule has 1 saturated heterocycles. The van der Waals surface area contributed by atoms with Crippen molar-refractivity contribution in [1.29, 1.82) is 0 Å². The number of benzene rings is 1. The highest BCUT2D eigenvalue weighted by molar-refractivity contribution is 7.91. The molecule has 1 N–H and O–H groups in total. The lowest BCUT2D eigenvalue weighted by Crippen LogP contribution is -2.43. The van der Waals surface area contributed by atoms with Gasteiger partial charge < -0.3 is 15.1 Å². The zero-order chi connectivity index (χ0) is 16.3. The van der Waals surface area contributed by atoms with Crippen LogP contribution in [-0.2, 0) is 9.84 Å². The van der Waals surface area contributed by atoms with E-state index in [0.717, 1.165) is 5.69 Å². The number of nitrogens with one attached hydrogen (secondary N) is 1. The van der Waals surface area contributed by atoms with Crippen molar-refractivity contribution in [1.82, 2.24) is 4.90 Å². The number of urea groups is 1. The van der Waals surface area contributed by atoms with Crippen molar-refractivity contribution in [3.8, 4) is 0 Å². The Labute approximate surface area is 132 Å². The number of hydrogen-bond acceptors (Lipinski definition) is 4. The number of anilines is 2. The molecule has 2 amide bonds. The van der Waals surface area contributed by atoms with Gasteiger partial charge in [-0.3, -0.25) is 0 Å².